The van der Waals surface area contributed by atoms with Crippen molar-refractivity contribution in [2.75, 3.05) is 13.7 Å². The molecule has 1 aromatic carbocycles. The number of amides is 1. The maximum absolute atomic E-state index is 11.9. The second kappa shape index (κ2) is 6.15. The molecule has 0 aliphatic carbocycles. The molecule has 1 aromatic heterocycles. The van der Waals surface area contributed by atoms with Gasteiger partial charge in [0.15, 0.2) is 5.69 Å². The maximum atomic E-state index is 11.9. The standard InChI is InChI=1S/C15H18N4O3/c1-3-16-15(20)14-12-9-22-13(8-19(12)18-17-14)10-4-6-11(21-2)7-5-10/h4-7,13H,3,8-9H2,1-2H3,(H,16,20). The van der Waals surface area contributed by atoms with Gasteiger partial charge in [0.2, 0.25) is 0 Å². The van der Waals surface area contributed by atoms with Crippen LogP contribution in [0.4, 0.5) is 0 Å². The second-order valence-corrected chi connectivity index (χ2v) is 5.00. The second-order valence-electron chi connectivity index (χ2n) is 5.00. The van der Waals surface area contributed by atoms with Gasteiger partial charge < -0.3 is 14.8 Å². The first-order valence-electron chi connectivity index (χ1n) is 7.19. The Morgan fingerprint density at radius 1 is 1.45 bits per heavy atom. The van der Waals surface area contributed by atoms with Gasteiger partial charge in [0, 0.05) is 6.54 Å². The molecule has 1 unspecified atom stereocenters. The van der Waals surface area contributed by atoms with Gasteiger partial charge in [0.25, 0.3) is 5.91 Å². The number of rotatable bonds is 4. The molecule has 22 heavy (non-hydrogen) atoms. The topological polar surface area (TPSA) is 78.3 Å². The zero-order valence-corrected chi connectivity index (χ0v) is 12.6. The van der Waals surface area contributed by atoms with E-state index in [9.17, 15) is 4.79 Å². The monoisotopic (exact) mass is 302 g/mol. The van der Waals surface area contributed by atoms with Gasteiger partial charge in [-0.3, -0.25) is 4.79 Å². The molecule has 7 nitrogen and oxygen atoms in total. The summed E-state index contributed by atoms with van der Waals surface area (Å²) in [6.45, 7) is 3.27. The molecule has 1 amide bonds. The van der Waals surface area contributed by atoms with E-state index in [2.05, 4.69) is 15.6 Å². The third-order valence-corrected chi connectivity index (χ3v) is 3.64. The van der Waals surface area contributed by atoms with Crippen LogP contribution in [0.1, 0.15) is 34.8 Å². The number of hydrogen-bond donors (Lipinski definition) is 1. The van der Waals surface area contributed by atoms with Crippen LogP contribution in [0.3, 0.4) is 0 Å². The van der Waals surface area contributed by atoms with Crippen molar-refractivity contribution in [3.05, 3.63) is 41.2 Å². The summed E-state index contributed by atoms with van der Waals surface area (Å²) >= 11 is 0. The van der Waals surface area contributed by atoms with Crippen molar-refractivity contribution in [3.63, 3.8) is 0 Å². The van der Waals surface area contributed by atoms with Crippen LogP contribution < -0.4 is 10.1 Å². The van der Waals surface area contributed by atoms with E-state index in [1.54, 1.807) is 11.8 Å². The van der Waals surface area contributed by atoms with E-state index in [1.807, 2.05) is 31.2 Å². The number of benzene rings is 1. The van der Waals surface area contributed by atoms with Gasteiger partial charge in [-0.15, -0.1) is 5.10 Å². The van der Waals surface area contributed by atoms with Crippen LogP contribution in [-0.4, -0.2) is 34.6 Å². The first kappa shape index (κ1) is 14.5. The zero-order chi connectivity index (χ0) is 15.5. The van der Waals surface area contributed by atoms with E-state index >= 15 is 0 Å². The molecule has 1 aliphatic rings. The number of fused-ring (bicyclic) bond motifs is 1. The Balaban J connectivity index is 1.78. The van der Waals surface area contributed by atoms with Gasteiger partial charge in [-0.25, -0.2) is 4.68 Å². The van der Waals surface area contributed by atoms with Crippen molar-refractivity contribution in [2.24, 2.45) is 0 Å². The summed E-state index contributed by atoms with van der Waals surface area (Å²) in [4.78, 5) is 11.9. The molecule has 1 atom stereocenters. The summed E-state index contributed by atoms with van der Waals surface area (Å²) in [5.41, 5.74) is 2.10. The lowest BCUT2D eigenvalue weighted by atomic mass is 10.1. The Morgan fingerprint density at radius 2 is 2.23 bits per heavy atom. The average molecular weight is 302 g/mol. The normalized spacial score (nSPS) is 16.9. The van der Waals surface area contributed by atoms with Gasteiger partial charge >= 0.3 is 0 Å². The van der Waals surface area contributed by atoms with Crippen molar-refractivity contribution in [3.8, 4) is 5.75 Å². The highest BCUT2D eigenvalue weighted by atomic mass is 16.5. The number of hydrogen-bond acceptors (Lipinski definition) is 5. The van der Waals surface area contributed by atoms with Gasteiger partial charge in [0.05, 0.1) is 26.0 Å². The number of methoxy groups -OCH3 is 1. The molecule has 1 N–H and O–H groups in total. The predicted octanol–water partition coefficient (Wildman–Crippen LogP) is 1.31. The lowest BCUT2D eigenvalue weighted by Crippen LogP contribution is -2.27. The third kappa shape index (κ3) is 2.67. The Hall–Kier alpha value is -2.41. The fraction of sp³-hybridized carbons (Fsp3) is 0.400. The SMILES string of the molecule is CCNC(=O)c1nnn2c1COC(c1ccc(OC)cc1)C2. The minimum Gasteiger partial charge on any atom is -0.497 e. The van der Waals surface area contributed by atoms with Crippen LogP contribution in [0.5, 0.6) is 5.75 Å². The molecular weight excluding hydrogens is 284 g/mol. The Labute approximate surface area is 128 Å². The molecule has 0 fully saturated rings. The molecule has 7 heteroatoms. The lowest BCUT2D eigenvalue weighted by Gasteiger charge is -2.24. The minimum absolute atomic E-state index is 0.109. The average Bonchev–Trinajstić information content (AvgIpc) is 2.98. The molecule has 0 saturated heterocycles. The number of carbonyl (C=O) groups is 1. The smallest absolute Gasteiger partial charge is 0.273 e. The fourth-order valence-corrected chi connectivity index (χ4v) is 2.45. The van der Waals surface area contributed by atoms with Crippen LogP contribution in [0.15, 0.2) is 24.3 Å². The van der Waals surface area contributed by atoms with E-state index in [1.165, 1.54) is 0 Å². The highest BCUT2D eigenvalue weighted by Crippen LogP contribution is 2.28. The molecule has 0 saturated carbocycles. The van der Waals surface area contributed by atoms with Crippen LogP contribution >= 0.6 is 0 Å². The molecular formula is C15H18N4O3. The highest BCUT2D eigenvalue weighted by molar-refractivity contribution is 5.93. The summed E-state index contributed by atoms with van der Waals surface area (Å²) in [5, 5.41) is 10.8. The highest BCUT2D eigenvalue weighted by Gasteiger charge is 2.27. The molecule has 0 spiro atoms. The molecule has 2 heterocycles. The number of aromatic nitrogens is 3. The molecule has 3 rings (SSSR count). The van der Waals surface area contributed by atoms with E-state index in [0.29, 0.717) is 25.4 Å². The van der Waals surface area contributed by atoms with Gasteiger partial charge in [0.1, 0.15) is 11.9 Å². The Kier molecular flexibility index (Phi) is 4.06. The van der Waals surface area contributed by atoms with Crippen molar-refractivity contribution in [1.29, 1.82) is 0 Å². The Morgan fingerprint density at radius 3 is 2.91 bits per heavy atom. The Bertz CT molecular complexity index is 666. The summed E-state index contributed by atoms with van der Waals surface area (Å²) < 4.78 is 12.8. The molecule has 0 radical (unpaired) electrons. The van der Waals surface area contributed by atoms with E-state index in [-0.39, 0.29) is 12.0 Å². The van der Waals surface area contributed by atoms with Crippen LogP contribution in [0.25, 0.3) is 0 Å². The lowest BCUT2D eigenvalue weighted by molar-refractivity contribution is -0.00178. The maximum Gasteiger partial charge on any atom is 0.273 e. The first-order chi connectivity index (χ1) is 10.7. The van der Waals surface area contributed by atoms with E-state index in [4.69, 9.17) is 9.47 Å². The van der Waals surface area contributed by atoms with E-state index < -0.39 is 0 Å². The van der Waals surface area contributed by atoms with Crippen LogP contribution in [0, 0.1) is 0 Å². The van der Waals surface area contributed by atoms with Gasteiger partial charge in [-0.05, 0) is 24.6 Å². The predicted molar refractivity (Wildman–Crippen MR) is 78.6 cm³/mol. The van der Waals surface area contributed by atoms with Crippen molar-refractivity contribution >= 4 is 5.91 Å². The number of carbonyl (C=O) groups excluding carboxylic acids is 1. The number of nitrogens with one attached hydrogen (secondary N) is 1. The zero-order valence-electron chi connectivity index (χ0n) is 12.6. The third-order valence-electron chi connectivity index (χ3n) is 3.64. The largest absolute Gasteiger partial charge is 0.497 e. The fourth-order valence-electron chi connectivity index (χ4n) is 2.45. The number of ether oxygens (including phenoxy) is 2. The summed E-state index contributed by atoms with van der Waals surface area (Å²) in [6, 6.07) is 7.73. The molecule has 116 valence electrons. The quantitative estimate of drug-likeness (QED) is 0.921. The number of nitrogens with zero attached hydrogens (tertiary/aromatic N) is 3. The van der Waals surface area contributed by atoms with E-state index in [0.717, 1.165) is 17.0 Å². The van der Waals surface area contributed by atoms with Crippen LogP contribution in [-0.2, 0) is 17.9 Å². The summed E-state index contributed by atoms with van der Waals surface area (Å²) in [5.74, 6) is 0.592. The van der Waals surface area contributed by atoms with Crippen molar-refractivity contribution in [1.82, 2.24) is 20.3 Å². The van der Waals surface area contributed by atoms with Crippen molar-refractivity contribution in [2.45, 2.75) is 26.2 Å². The van der Waals surface area contributed by atoms with Crippen LogP contribution in [0.2, 0.25) is 0 Å². The molecule has 2 aromatic rings. The van der Waals surface area contributed by atoms with Crippen molar-refractivity contribution < 1.29 is 14.3 Å². The molecule has 1 aliphatic heterocycles. The summed E-state index contributed by atoms with van der Waals surface area (Å²) in [7, 11) is 1.64. The first-order valence-corrected chi connectivity index (χ1v) is 7.19. The van der Waals surface area contributed by atoms with Gasteiger partial charge in [-0.1, -0.05) is 17.3 Å². The summed E-state index contributed by atoms with van der Waals surface area (Å²) in [6.07, 6.45) is -0.109. The molecule has 0 bridgehead atoms. The van der Waals surface area contributed by atoms with Gasteiger partial charge in [-0.2, -0.15) is 0 Å². The minimum atomic E-state index is -0.213.